The highest BCUT2D eigenvalue weighted by molar-refractivity contribution is 6.12. The van der Waals surface area contributed by atoms with Gasteiger partial charge in [0.05, 0.1) is 23.5 Å². The van der Waals surface area contributed by atoms with Gasteiger partial charge in [0.15, 0.2) is 11.5 Å². The van der Waals surface area contributed by atoms with Gasteiger partial charge in [0.2, 0.25) is 5.91 Å². The maximum atomic E-state index is 13.1. The van der Waals surface area contributed by atoms with Crippen molar-refractivity contribution in [2.24, 2.45) is 0 Å². The maximum Gasteiger partial charge on any atom is 0.242 e. The minimum Gasteiger partial charge on any atom is -0.273 e. The first-order valence-corrected chi connectivity index (χ1v) is 8.42. The van der Waals surface area contributed by atoms with Gasteiger partial charge < -0.3 is 0 Å². The van der Waals surface area contributed by atoms with E-state index >= 15 is 0 Å². The maximum absolute atomic E-state index is 13.1. The van der Waals surface area contributed by atoms with Crippen molar-refractivity contribution in [2.45, 2.75) is 26.2 Å². The molecule has 27 heavy (non-hydrogen) atoms. The van der Waals surface area contributed by atoms with Crippen molar-refractivity contribution in [3.8, 4) is 17.2 Å². The molecule has 7 heteroatoms. The molecule has 0 saturated heterocycles. The Morgan fingerprint density at radius 1 is 1.00 bits per heavy atom. The van der Waals surface area contributed by atoms with Crippen LogP contribution in [0.25, 0.3) is 11.1 Å². The van der Waals surface area contributed by atoms with E-state index in [1.165, 1.54) is 12.4 Å². The molecule has 0 aliphatic carbocycles. The van der Waals surface area contributed by atoms with E-state index in [9.17, 15) is 4.79 Å². The Kier molecular flexibility index (Phi) is 3.70. The molecule has 0 unspecified atom stereocenters. The molecule has 132 valence electrons. The molecule has 0 spiro atoms. The molecule has 1 aromatic carbocycles. The monoisotopic (exact) mass is 356 g/mol. The van der Waals surface area contributed by atoms with Gasteiger partial charge in [-0.25, -0.2) is 19.9 Å². The second-order valence-electron chi connectivity index (χ2n) is 6.89. The van der Waals surface area contributed by atoms with E-state index in [4.69, 9.17) is 5.26 Å². The molecule has 2 aromatic heterocycles. The minimum absolute atomic E-state index is 0.0891. The normalized spacial score (nSPS) is 14.7. The number of amides is 1. The standard InChI is InChI=1S/C20H16N6O/c1-12-22-8-14(9-23-12)13-4-5-16-17(6-13)26(19(27)20(16,2)3)18-11-24-15(7-21)10-25-18/h4-6,8-11H,1-3H3. The highest BCUT2D eigenvalue weighted by Gasteiger charge is 2.45. The fraction of sp³-hybridized carbons (Fsp3) is 0.200. The summed E-state index contributed by atoms with van der Waals surface area (Å²) in [5.41, 5.74) is 2.96. The summed E-state index contributed by atoms with van der Waals surface area (Å²) in [5.74, 6) is 1.00. The molecule has 0 N–H and O–H groups in total. The summed E-state index contributed by atoms with van der Waals surface area (Å²) in [6.45, 7) is 5.61. The van der Waals surface area contributed by atoms with Crippen LogP contribution in [0.1, 0.15) is 30.9 Å². The van der Waals surface area contributed by atoms with E-state index in [0.29, 0.717) is 11.6 Å². The number of benzene rings is 1. The Labute approximate surface area is 156 Å². The topological polar surface area (TPSA) is 95.7 Å². The van der Waals surface area contributed by atoms with Crippen molar-refractivity contribution in [1.29, 1.82) is 5.26 Å². The van der Waals surface area contributed by atoms with Gasteiger partial charge in [-0.15, -0.1) is 0 Å². The lowest BCUT2D eigenvalue weighted by atomic mass is 9.85. The Morgan fingerprint density at radius 3 is 2.37 bits per heavy atom. The molecule has 0 bridgehead atoms. The summed E-state index contributed by atoms with van der Waals surface area (Å²) in [7, 11) is 0. The first kappa shape index (κ1) is 16.8. The lowest BCUT2D eigenvalue weighted by molar-refractivity contribution is -0.121. The van der Waals surface area contributed by atoms with E-state index < -0.39 is 5.41 Å². The number of anilines is 2. The number of fused-ring (bicyclic) bond motifs is 1. The van der Waals surface area contributed by atoms with Crippen molar-refractivity contribution >= 4 is 17.4 Å². The van der Waals surface area contributed by atoms with Crippen molar-refractivity contribution < 1.29 is 4.79 Å². The molecule has 1 amide bonds. The smallest absolute Gasteiger partial charge is 0.242 e. The Hall–Kier alpha value is -3.66. The second-order valence-corrected chi connectivity index (χ2v) is 6.89. The van der Waals surface area contributed by atoms with Crippen LogP contribution in [-0.2, 0) is 10.2 Å². The van der Waals surface area contributed by atoms with Crippen molar-refractivity contribution in [3.05, 3.63) is 60.1 Å². The van der Waals surface area contributed by atoms with Crippen LogP contribution in [0.15, 0.2) is 43.0 Å². The minimum atomic E-state index is -0.687. The van der Waals surface area contributed by atoms with Crippen molar-refractivity contribution in [2.75, 3.05) is 4.90 Å². The van der Waals surface area contributed by atoms with Crippen LogP contribution in [0.2, 0.25) is 0 Å². The number of rotatable bonds is 2. The number of carbonyl (C=O) groups is 1. The zero-order valence-corrected chi connectivity index (χ0v) is 15.1. The first-order valence-electron chi connectivity index (χ1n) is 8.42. The molecule has 0 radical (unpaired) electrons. The summed E-state index contributed by atoms with van der Waals surface area (Å²) in [6, 6.07) is 7.80. The van der Waals surface area contributed by atoms with Crippen LogP contribution in [-0.4, -0.2) is 25.8 Å². The van der Waals surface area contributed by atoms with Gasteiger partial charge in [0.1, 0.15) is 11.9 Å². The summed E-state index contributed by atoms with van der Waals surface area (Å²) >= 11 is 0. The molecule has 1 aliphatic rings. The van der Waals surface area contributed by atoms with Gasteiger partial charge in [0, 0.05) is 18.0 Å². The summed E-state index contributed by atoms with van der Waals surface area (Å²) in [4.78, 5) is 31.5. The van der Waals surface area contributed by atoms with Gasteiger partial charge in [-0.05, 0) is 38.0 Å². The van der Waals surface area contributed by atoms with Crippen LogP contribution in [0, 0.1) is 18.3 Å². The number of nitrogens with zero attached hydrogens (tertiary/aromatic N) is 6. The summed E-state index contributed by atoms with van der Waals surface area (Å²) in [6.07, 6.45) is 6.34. The van der Waals surface area contributed by atoms with E-state index in [1.807, 2.05) is 45.0 Å². The Bertz CT molecular complexity index is 1080. The van der Waals surface area contributed by atoms with Gasteiger partial charge in [-0.2, -0.15) is 5.26 Å². The number of nitriles is 1. The molecular weight excluding hydrogens is 340 g/mol. The van der Waals surface area contributed by atoms with Crippen LogP contribution < -0.4 is 4.90 Å². The second kappa shape index (κ2) is 5.95. The summed E-state index contributed by atoms with van der Waals surface area (Å²) < 4.78 is 0. The Morgan fingerprint density at radius 2 is 1.74 bits per heavy atom. The van der Waals surface area contributed by atoms with Gasteiger partial charge in [-0.3, -0.25) is 9.69 Å². The van der Waals surface area contributed by atoms with Gasteiger partial charge >= 0.3 is 0 Å². The third-order valence-corrected chi connectivity index (χ3v) is 4.75. The van der Waals surface area contributed by atoms with E-state index in [1.54, 1.807) is 17.3 Å². The molecule has 1 aliphatic heterocycles. The average Bonchev–Trinajstić information content (AvgIpc) is 2.88. The number of carbonyl (C=O) groups excluding carboxylic acids is 1. The lowest BCUT2D eigenvalue weighted by Crippen LogP contribution is -2.33. The van der Waals surface area contributed by atoms with E-state index in [-0.39, 0.29) is 11.6 Å². The van der Waals surface area contributed by atoms with Gasteiger partial charge in [0.25, 0.3) is 0 Å². The number of hydrogen-bond donors (Lipinski definition) is 0. The zero-order valence-electron chi connectivity index (χ0n) is 15.1. The molecule has 7 nitrogen and oxygen atoms in total. The molecular formula is C20H16N6O. The van der Waals surface area contributed by atoms with Gasteiger partial charge in [-0.1, -0.05) is 12.1 Å². The SMILES string of the molecule is Cc1ncc(-c2ccc3c(c2)N(c2cnc(C#N)cn2)C(=O)C3(C)C)cn1. The molecule has 4 rings (SSSR count). The predicted octanol–water partition coefficient (Wildman–Crippen LogP) is 3.07. The largest absolute Gasteiger partial charge is 0.273 e. The Balaban J connectivity index is 1.86. The summed E-state index contributed by atoms with van der Waals surface area (Å²) in [5, 5.41) is 8.92. The zero-order chi connectivity index (χ0) is 19.2. The fourth-order valence-electron chi connectivity index (χ4n) is 3.19. The van der Waals surface area contributed by atoms with Crippen molar-refractivity contribution in [3.63, 3.8) is 0 Å². The quantitative estimate of drug-likeness (QED) is 0.700. The van der Waals surface area contributed by atoms with Crippen LogP contribution in [0.5, 0.6) is 0 Å². The molecule has 3 aromatic rings. The number of aromatic nitrogens is 4. The van der Waals surface area contributed by atoms with Crippen LogP contribution in [0.4, 0.5) is 11.5 Å². The fourth-order valence-corrected chi connectivity index (χ4v) is 3.19. The average molecular weight is 356 g/mol. The first-order chi connectivity index (χ1) is 12.9. The van der Waals surface area contributed by atoms with Crippen LogP contribution in [0.3, 0.4) is 0 Å². The van der Waals surface area contributed by atoms with Crippen LogP contribution >= 0.6 is 0 Å². The third-order valence-electron chi connectivity index (χ3n) is 4.75. The van der Waals surface area contributed by atoms with E-state index in [0.717, 1.165) is 22.4 Å². The van der Waals surface area contributed by atoms with Crippen molar-refractivity contribution in [1.82, 2.24) is 19.9 Å². The molecule has 0 saturated carbocycles. The highest BCUT2D eigenvalue weighted by Crippen LogP contribution is 2.46. The number of hydrogen-bond acceptors (Lipinski definition) is 6. The lowest BCUT2D eigenvalue weighted by Gasteiger charge is -2.19. The predicted molar refractivity (Wildman–Crippen MR) is 99.1 cm³/mol. The number of aryl methyl sites for hydroxylation is 1. The molecule has 0 fully saturated rings. The molecule has 3 heterocycles. The van der Waals surface area contributed by atoms with E-state index in [2.05, 4.69) is 19.9 Å². The highest BCUT2D eigenvalue weighted by atomic mass is 16.2. The molecule has 0 atom stereocenters. The third kappa shape index (κ3) is 2.62.